The van der Waals surface area contributed by atoms with E-state index in [9.17, 15) is 18.1 Å². The predicted octanol–water partition coefficient (Wildman–Crippen LogP) is 5.83. The Kier molecular flexibility index (Phi) is 7.86. The molecule has 0 atom stereocenters. The molecule has 0 spiro atoms. The van der Waals surface area contributed by atoms with E-state index in [4.69, 9.17) is 17.3 Å². The first-order valence-corrected chi connectivity index (χ1v) is 13.6. The molecule has 1 heterocycles. The van der Waals surface area contributed by atoms with Crippen LogP contribution in [0, 0.1) is 13.8 Å². The number of nitrogens with one attached hydrogen (secondary N) is 1. The number of nitrogen functional groups attached to an aromatic ring is 1. The van der Waals surface area contributed by atoms with E-state index in [1.54, 1.807) is 24.9 Å². The minimum absolute atomic E-state index is 0.0415. The van der Waals surface area contributed by atoms with Crippen molar-refractivity contribution in [1.82, 2.24) is 15.0 Å². The Morgan fingerprint density at radius 2 is 1.85 bits per heavy atom. The van der Waals surface area contributed by atoms with Gasteiger partial charge in [0.15, 0.2) is 0 Å². The van der Waals surface area contributed by atoms with Crippen LogP contribution in [0.1, 0.15) is 24.5 Å². The first kappa shape index (κ1) is 28.0. The van der Waals surface area contributed by atoms with Gasteiger partial charge in [-0.15, -0.1) is 10.2 Å². The lowest BCUT2D eigenvalue weighted by Gasteiger charge is -2.16. The van der Waals surface area contributed by atoms with Gasteiger partial charge in [0.1, 0.15) is 22.0 Å². The fourth-order valence-corrected chi connectivity index (χ4v) is 4.82. The number of aromatic hydroxyl groups is 1. The van der Waals surface area contributed by atoms with Crippen molar-refractivity contribution >= 4 is 67.1 Å². The van der Waals surface area contributed by atoms with Crippen molar-refractivity contribution in [2.45, 2.75) is 32.1 Å². The number of anilines is 4. The van der Waals surface area contributed by atoms with Crippen LogP contribution in [-0.2, 0) is 10.1 Å². The molecule has 204 valence electrons. The van der Waals surface area contributed by atoms with E-state index in [2.05, 4.69) is 30.5 Å². The molecule has 0 unspecified atom stereocenters. The van der Waals surface area contributed by atoms with Crippen LogP contribution in [0.4, 0.5) is 34.6 Å². The first-order chi connectivity index (χ1) is 18.4. The fourth-order valence-electron chi connectivity index (χ4n) is 4.02. The Balaban J connectivity index is 1.75. The number of aromatic nitrogens is 3. The van der Waals surface area contributed by atoms with Crippen molar-refractivity contribution in [2.75, 3.05) is 29.5 Å². The van der Waals surface area contributed by atoms with Crippen molar-refractivity contribution in [3.8, 4) is 5.75 Å². The zero-order chi connectivity index (χ0) is 28.5. The molecule has 0 amide bonds. The predicted molar refractivity (Wildman–Crippen MR) is 152 cm³/mol. The highest BCUT2D eigenvalue weighted by Gasteiger charge is 2.19. The van der Waals surface area contributed by atoms with Crippen LogP contribution in [0.2, 0.25) is 5.28 Å². The third-order valence-electron chi connectivity index (χ3n) is 5.83. The standard InChI is InChI=1S/C25H27ClN8O4S/c1-5-8-34(4)25-30-23(26)29-24(31-25)28-16-6-7-17(19(12-16)39(36,37)38)32-33-22-20-15(11-14(3)21(22)27)9-13(2)10-18(20)35/h6-7,9-12,35H,5,8,27H2,1-4H3,(H,36,37,38)(H,28,29,30,31). The number of halogens is 1. The van der Waals surface area contributed by atoms with Crippen molar-refractivity contribution in [3.63, 3.8) is 0 Å². The molecule has 0 aliphatic carbocycles. The van der Waals surface area contributed by atoms with Crippen LogP contribution >= 0.6 is 11.6 Å². The van der Waals surface area contributed by atoms with Crippen LogP contribution in [0.5, 0.6) is 5.75 Å². The summed E-state index contributed by atoms with van der Waals surface area (Å²) in [5.74, 6) is 0.370. The summed E-state index contributed by atoms with van der Waals surface area (Å²) in [7, 11) is -2.92. The molecule has 0 saturated heterocycles. The third-order valence-corrected chi connectivity index (χ3v) is 6.88. The van der Waals surface area contributed by atoms with E-state index in [0.29, 0.717) is 28.8 Å². The Hall–Kier alpha value is -4.07. The summed E-state index contributed by atoms with van der Waals surface area (Å²) in [6, 6.07) is 9.27. The highest BCUT2D eigenvalue weighted by atomic mass is 35.5. The van der Waals surface area contributed by atoms with Gasteiger partial charge in [-0.1, -0.05) is 13.0 Å². The van der Waals surface area contributed by atoms with Crippen molar-refractivity contribution in [2.24, 2.45) is 10.2 Å². The van der Waals surface area contributed by atoms with Crippen LogP contribution in [0.15, 0.2) is 51.5 Å². The number of phenolic OH excluding ortho intramolecular Hbond substituents is 1. The fraction of sp³-hybridized carbons (Fsp3) is 0.240. The maximum Gasteiger partial charge on any atom is 0.296 e. The molecule has 14 heteroatoms. The maximum atomic E-state index is 12.3. The van der Waals surface area contributed by atoms with Crippen molar-refractivity contribution in [3.05, 3.63) is 52.8 Å². The number of benzene rings is 3. The van der Waals surface area contributed by atoms with Gasteiger partial charge in [-0.25, -0.2) is 0 Å². The first-order valence-electron chi connectivity index (χ1n) is 11.8. The van der Waals surface area contributed by atoms with Crippen molar-refractivity contribution < 1.29 is 18.1 Å². The number of hydrogen-bond acceptors (Lipinski definition) is 11. The molecule has 3 aromatic carbocycles. The zero-order valence-corrected chi connectivity index (χ0v) is 23.2. The maximum absolute atomic E-state index is 12.3. The molecule has 4 aromatic rings. The Labute approximate surface area is 230 Å². The second kappa shape index (κ2) is 11.0. The highest BCUT2D eigenvalue weighted by molar-refractivity contribution is 7.86. The van der Waals surface area contributed by atoms with Gasteiger partial charge in [0.25, 0.3) is 10.1 Å². The van der Waals surface area contributed by atoms with E-state index in [1.165, 1.54) is 12.1 Å². The molecular weight excluding hydrogens is 544 g/mol. The summed E-state index contributed by atoms with van der Waals surface area (Å²) >= 11 is 6.05. The normalized spacial score (nSPS) is 11.8. The summed E-state index contributed by atoms with van der Waals surface area (Å²) in [6.07, 6.45) is 0.861. The summed E-state index contributed by atoms with van der Waals surface area (Å²) in [6.45, 7) is 6.32. The summed E-state index contributed by atoms with van der Waals surface area (Å²) in [5, 5.41) is 22.7. The number of nitrogens with zero attached hydrogens (tertiary/aromatic N) is 6. The smallest absolute Gasteiger partial charge is 0.296 e. The summed E-state index contributed by atoms with van der Waals surface area (Å²) < 4.78 is 34.4. The molecular formula is C25H27ClN8O4S. The number of azo groups is 1. The zero-order valence-electron chi connectivity index (χ0n) is 21.6. The van der Waals surface area contributed by atoms with Crippen LogP contribution < -0.4 is 16.0 Å². The Morgan fingerprint density at radius 3 is 2.54 bits per heavy atom. The lowest BCUT2D eigenvalue weighted by molar-refractivity contribution is 0.480. The SMILES string of the molecule is CCCN(C)c1nc(Cl)nc(Nc2ccc(N=Nc3c(N)c(C)cc4cc(C)cc(O)c34)c(S(=O)(=O)O)c2)n1. The molecule has 39 heavy (non-hydrogen) atoms. The average molecular weight is 571 g/mol. The van der Waals surface area contributed by atoms with Crippen LogP contribution in [0.3, 0.4) is 0 Å². The van der Waals surface area contributed by atoms with Crippen molar-refractivity contribution in [1.29, 1.82) is 0 Å². The van der Waals surface area contributed by atoms with Crippen LogP contribution in [-0.4, -0.2) is 46.6 Å². The summed E-state index contributed by atoms with van der Waals surface area (Å²) in [4.78, 5) is 13.7. The number of hydrogen-bond donors (Lipinski definition) is 4. The molecule has 5 N–H and O–H groups in total. The lowest BCUT2D eigenvalue weighted by Crippen LogP contribution is -2.21. The Bertz CT molecular complexity index is 1710. The third kappa shape index (κ3) is 6.16. The van der Waals surface area contributed by atoms with E-state index in [1.807, 2.05) is 26.0 Å². The summed E-state index contributed by atoms with van der Waals surface area (Å²) in [5.41, 5.74) is 8.32. The topological polar surface area (TPSA) is 179 Å². The lowest BCUT2D eigenvalue weighted by atomic mass is 10.0. The second-order valence-corrected chi connectivity index (χ2v) is 10.7. The Morgan fingerprint density at radius 1 is 1.10 bits per heavy atom. The minimum atomic E-state index is -4.73. The molecule has 12 nitrogen and oxygen atoms in total. The molecule has 0 radical (unpaired) electrons. The van der Waals surface area contributed by atoms with Gasteiger partial charge < -0.3 is 21.1 Å². The number of phenols is 1. The molecule has 0 bridgehead atoms. The highest BCUT2D eigenvalue weighted by Crippen LogP contribution is 2.42. The molecule has 4 rings (SSSR count). The van der Waals surface area contributed by atoms with Gasteiger partial charge in [0.2, 0.25) is 17.2 Å². The van der Waals surface area contributed by atoms with E-state index in [-0.39, 0.29) is 39.7 Å². The minimum Gasteiger partial charge on any atom is -0.507 e. The van der Waals surface area contributed by atoms with Gasteiger partial charge >= 0.3 is 0 Å². The second-order valence-electron chi connectivity index (χ2n) is 8.97. The quantitative estimate of drug-likeness (QED) is 0.114. The molecule has 0 aliphatic rings. The van der Waals surface area contributed by atoms with Crippen LogP contribution in [0.25, 0.3) is 10.8 Å². The average Bonchev–Trinajstić information content (AvgIpc) is 2.84. The monoisotopic (exact) mass is 570 g/mol. The van der Waals surface area contributed by atoms with E-state index >= 15 is 0 Å². The molecule has 1 aromatic heterocycles. The van der Waals surface area contributed by atoms with Gasteiger partial charge in [-0.2, -0.15) is 23.4 Å². The molecule has 0 saturated carbocycles. The largest absolute Gasteiger partial charge is 0.507 e. The van der Waals surface area contributed by atoms with E-state index in [0.717, 1.165) is 18.1 Å². The van der Waals surface area contributed by atoms with E-state index < -0.39 is 15.0 Å². The number of nitrogens with two attached hydrogens (primary N) is 1. The number of aryl methyl sites for hydroxylation is 2. The number of rotatable bonds is 8. The molecule has 0 fully saturated rings. The van der Waals surface area contributed by atoms with Gasteiger partial charge in [0.05, 0.1) is 11.1 Å². The number of fused-ring (bicyclic) bond motifs is 1. The molecule has 0 aliphatic heterocycles. The van der Waals surface area contributed by atoms with Gasteiger partial charge in [-0.05, 0) is 78.7 Å². The van der Waals surface area contributed by atoms with Gasteiger partial charge in [-0.3, -0.25) is 4.55 Å². The van der Waals surface area contributed by atoms with Gasteiger partial charge in [0, 0.05) is 19.3 Å².